The maximum absolute atomic E-state index is 10.9. The van der Waals surface area contributed by atoms with Gasteiger partial charge in [-0.25, -0.2) is 9.97 Å². The minimum Gasteiger partial charge on any atom is -0.308 e. The summed E-state index contributed by atoms with van der Waals surface area (Å²) in [4.78, 5) is 11.0. The van der Waals surface area contributed by atoms with Gasteiger partial charge in [0.2, 0.25) is 0 Å². The maximum Gasteiger partial charge on any atom is 0.164 e. The Morgan fingerprint density at radius 2 is 0.833 bits per heavy atom. The summed E-state index contributed by atoms with van der Waals surface area (Å²) in [6, 6.07) is 60.1. The van der Waals surface area contributed by atoms with Crippen molar-refractivity contribution in [3.05, 3.63) is 180 Å². The molecule has 0 aliphatic carbocycles. The topological polar surface area (TPSA) is 59.4 Å². The molecule has 0 atom stereocenters. The summed E-state index contributed by atoms with van der Waals surface area (Å²) in [6.07, 6.45) is 0. The molecule has 5 heteroatoms. The first-order valence-corrected chi connectivity index (χ1v) is 20.6. The van der Waals surface area contributed by atoms with Crippen molar-refractivity contribution in [1.29, 1.82) is 5.26 Å². The molecule has 0 fully saturated rings. The van der Waals surface area contributed by atoms with Crippen LogP contribution in [0.4, 0.5) is 0 Å². The zero-order chi connectivity index (χ0) is 41.3. The molecule has 0 unspecified atom stereocenters. The van der Waals surface area contributed by atoms with E-state index in [2.05, 4.69) is 172 Å². The van der Waals surface area contributed by atoms with E-state index in [4.69, 9.17) is 9.97 Å². The van der Waals surface area contributed by atoms with Crippen LogP contribution < -0.4 is 0 Å². The van der Waals surface area contributed by atoms with Gasteiger partial charge in [-0.1, -0.05) is 151 Å². The number of aromatic nitrogens is 4. The van der Waals surface area contributed by atoms with Gasteiger partial charge in [0.05, 0.1) is 62.0 Å². The van der Waals surface area contributed by atoms with Gasteiger partial charge in [0.25, 0.3) is 0 Å². The fraction of sp³-hybridized carbons (Fsp3) is 0.145. The molecule has 7 aromatic carbocycles. The van der Waals surface area contributed by atoms with Crippen LogP contribution in [0.3, 0.4) is 0 Å². The summed E-state index contributed by atoms with van der Waals surface area (Å²) >= 11 is 0. The first-order chi connectivity index (χ1) is 29.0. The van der Waals surface area contributed by atoms with Crippen molar-refractivity contribution in [1.82, 2.24) is 19.1 Å². The lowest BCUT2D eigenvalue weighted by Gasteiger charge is -2.22. The highest BCUT2D eigenvalue weighted by Crippen LogP contribution is 2.44. The van der Waals surface area contributed by atoms with Crippen LogP contribution >= 0.6 is 0 Å². The number of benzene rings is 7. The van der Waals surface area contributed by atoms with Crippen LogP contribution in [0.15, 0.2) is 164 Å². The number of rotatable bonds is 5. The summed E-state index contributed by atoms with van der Waals surface area (Å²) < 4.78 is 4.65. The van der Waals surface area contributed by atoms with E-state index in [0.29, 0.717) is 11.4 Å². The standard InChI is InChI=1S/C55H45N5/c1-54(2,3)38-25-27-48-42(31-38)40-21-13-15-23-46(40)59(48)50-29-35(34-56)30-51(60-47-24-16-14-22-41(47)43-32-39(55(4,5)6)26-28-49(43)60)52(50)53-57-44(36-17-9-7-10-18-36)33-45(58-53)37-19-11-8-12-20-37/h7-33H,1-6H3. The molecule has 5 nitrogen and oxygen atoms in total. The Labute approximate surface area is 350 Å². The average molecular weight is 776 g/mol. The van der Waals surface area contributed by atoms with Crippen LogP contribution in [0.25, 0.3) is 88.9 Å². The van der Waals surface area contributed by atoms with Gasteiger partial charge >= 0.3 is 0 Å². The second kappa shape index (κ2) is 13.9. The molecule has 3 heterocycles. The van der Waals surface area contributed by atoms with Crippen molar-refractivity contribution in [3.63, 3.8) is 0 Å². The Morgan fingerprint density at radius 3 is 1.25 bits per heavy atom. The zero-order valence-corrected chi connectivity index (χ0v) is 34.8. The number of nitriles is 1. The lowest BCUT2D eigenvalue weighted by Crippen LogP contribution is -2.11. The molecule has 0 spiro atoms. The average Bonchev–Trinajstić information content (AvgIpc) is 3.78. The predicted octanol–water partition coefficient (Wildman–Crippen LogP) is 14.1. The zero-order valence-electron chi connectivity index (χ0n) is 34.8. The summed E-state index contributed by atoms with van der Waals surface area (Å²) in [5, 5.41) is 15.5. The highest BCUT2D eigenvalue weighted by Gasteiger charge is 2.27. The molecule has 0 radical (unpaired) electrons. The van der Waals surface area contributed by atoms with Crippen LogP contribution in [0.5, 0.6) is 0 Å². The largest absolute Gasteiger partial charge is 0.308 e. The van der Waals surface area contributed by atoms with Crippen LogP contribution in [0, 0.1) is 11.3 Å². The molecule has 60 heavy (non-hydrogen) atoms. The fourth-order valence-electron chi connectivity index (χ4n) is 8.73. The minimum absolute atomic E-state index is 0.0423. The Morgan fingerprint density at radius 1 is 0.433 bits per heavy atom. The third-order valence-corrected chi connectivity index (χ3v) is 11.9. The Hall–Kier alpha value is -7.29. The molecule has 10 aromatic rings. The van der Waals surface area contributed by atoms with Crippen molar-refractivity contribution in [2.24, 2.45) is 0 Å². The molecule has 0 bridgehead atoms. The number of hydrogen-bond donors (Lipinski definition) is 0. The van der Waals surface area contributed by atoms with Crippen molar-refractivity contribution in [2.75, 3.05) is 0 Å². The predicted molar refractivity (Wildman–Crippen MR) is 249 cm³/mol. The van der Waals surface area contributed by atoms with Gasteiger partial charge in [-0.15, -0.1) is 0 Å². The summed E-state index contributed by atoms with van der Waals surface area (Å²) in [6.45, 7) is 13.5. The van der Waals surface area contributed by atoms with Gasteiger partial charge in [0, 0.05) is 32.7 Å². The first kappa shape index (κ1) is 37.0. The van der Waals surface area contributed by atoms with E-state index in [-0.39, 0.29) is 10.8 Å². The second-order valence-corrected chi connectivity index (χ2v) is 17.9. The molecule has 3 aromatic heterocycles. The lowest BCUT2D eigenvalue weighted by molar-refractivity contribution is 0.591. The molecule has 0 aliphatic heterocycles. The van der Waals surface area contributed by atoms with Crippen LogP contribution in [-0.2, 0) is 10.8 Å². The number of nitrogens with zero attached hydrogens (tertiary/aromatic N) is 5. The number of fused-ring (bicyclic) bond motifs is 6. The van der Waals surface area contributed by atoms with Gasteiger partial charge in [0.15, 0.2) is 5.82 Å². The van der Waals surface area contributed by atoms with Gasteiger partial charge < -0.3 is 9.13 Å². The third-order valence-electron chi connectivity index (χ3n) is 11.9. The number of para-hydroxylation sites is 2. The van der Waals surface area contributed by atoms with Gasteiger partial charge in [-0.2, -0.15) is 5.26 Å². The second-order valence-electron chi connectivity index (χ2n) is 17.9. The summed E-state index contributed by atoms with van der Waals surface area (Å²) in [5.74, 6) is 0.569. The van der Waals surface area contributed by atoms with Crippen molar-refractivity contribution in [2.45, 2.75) is 52.4 Å². The monoisotopic (exact) mass is 775 g/mol. The molecular weight excluding hydrogens is 731 g/mol. The van der Waals surface area contributed by atoms with Crippen LogP contribution in [0.1, 0.15) is 58.2 Å². The molecular formula is C55H45N5. The smallest absolute Gasteiger partial charge is 0.164 e. The van der Waals surface area contributed by atoms with E-state index in [1.54, 1.807) is 0 Å². The van der Waals surface area contributed by atoms with Crippen molar-refractivity contribution in [3.8, 4) is 51.3 Å². The summed E-state index contributed by atoms with van der Waals surface area (Å²) in [5.41, 5.74) is 13.3. The highest BCUT2D eigenvalue weighted by atomic mass is 15.0. The van der Waals surface area contributed by atoms with Gasteiger partial charge in [-0.3, -0.25) is 0 Å². The first-order valence-electron chi connectivity index (χ1n) is 20.6. The van der Waals surface area contributed by atoms with Gasteiger partial charge in [0.1, 0.15) is 0 Å². The Bertz CT molecular complexity index is 3120. The highest BCUT2D eigenvalue weighted by molar-refractivity contribution is 6.12. The lowest BCUT2D eigenvalue weighted by atomic mass is 9.86. The van der Waals surface area contributed by atoms with Gasteiger partial charge in [-0.05, 0) is 76.6 Å². The van der Waals surface area contributed by atoms with E-state index in [1.165, 1.54) is 11.1 Å². The summed E-state index contributed by atoms with van der Waals surface area (Å²) in [7, 11) is 0. The quantitative estimate of drug-likeness (QED) is 0.175. The van der Waals surface area contributed by atoms with E-state index >= 15 is 0 Å². The molecule has 0 saturated heterocycles. The molecule has 0 N–H and O–H groups in total. The third kappa shape index (κ3) is 6.15. The molecule has 0 amide bonds. The molecule has 10 rings (SSSR count). The SMILES string of the molecule is CC(C)(C)c1ccc2c(c1)c1ccccc1n2-c1cc(C#N)cc(-n2c3ccccc3c3cc(C(C)(C)C)ccc32)c1-c1nc(-c2ccccc2)cc(-c2ccccc2)n1. The van der Waals surface area contributed by atoms with Crippen LogP contribution in [0.2, 0.25) is 0 Å². The Kier molecular flexibility index (Phi) is 8.59. The molecule has 0 saturated carbocycles. The van der Waals surface area contributed by atoms with Crippen molar-refractivity contribution < 1.29 is 0 Å². The molecule has 0 aliphatic rings. The Balaban J connectivity index is 1.40. The van der Waals surface area contributed by atoms with E-state index in [9.17, 15) is 5.26 Å². The minimum atomic E-state index is -0.0423. The van der Waals surface area contributed by atoms with Crippen LogP contribution in [-0.4, -0.2) is 19.1 Å². The van der Waals surface area contributed by atoms with Crippen molar-refractivity contribution >= 4 is 43.6 Å². The maximum atomic E-state index is 10.9. The molecule has 290 valence electrons. The van der Waals surface area contributed by atoms with E-state index in [0.717, 1.165) is 83.1 Å². The normalized spacial score (nSPS) is 12.2. The fourth-order valence-corrected chi connectivity index (χ4v) is 8.73. The van der Waals surface area contributed by atoms with E-state index in [1.807, 2.05) is 48.5 Å². The number of hydrogen-bond acceptors (Lipinski definition) is 3. The van der Waals surface area contributed by atoms with E-state index < -0.39 is 0 Å².